The minimum Gasteiger partial charge on any atom is -0.286 e. The van der Waals surface area contributed by atoms with E-state index >= 15 is 0 Å². The Morgan fingerprint density at radius 2 is 1.71 bits per heavy atom. The van der Waals surface area contributed by atoms with Gasteiger partial charge in [0.2, 0.25) is 15.9 Å². The van der Waals surface area contributed by atoms with Gasteiger partial charge in [0.1, 0.15) is 0 Å². The van der Waals surface area contributed by atoms with Crippen LogP contribution in [0.15, 0.2) is 0 Å². The molecule has 2 N–H and O–H groups in total. The number of carbonyl (C=O) groups excluding carboxylic acids is 1. The van der Waals surface area contributed by atoms with Gasteiger partial charge >= 0.3 is 0 Å². The molecule has 0 saturated carbocycles. The minimum atomic E-state index is -4.15. The molecule has 0 fully saturated rings. The van der Waals surface area contributed by atoms with Crippen LogP contribution in [0.25, 0.3) is 0 Å². The quantitative estimate of drug-likeness (QED) is 0.583. The van der Waals surface area contributed by atoms with Crippen molar-refractivity contribution in [3.05, 3.63) is 0 Å². The number of amides is 1. The zero-order chi connectivity index (χ0) is 11.4. The Morgan fingerprint density at radius 3 is 2.07 bits per heavy atom. The molecule has 84 valence electrons. The maximum Gasteiger partial charge on any atom is 0.264 e. The van der Waals surface area contributed by atoms with Gasteiger partial charge in [0.05, 0.1) is 11.5 Å². The molecule has 0 aliphatic carbocycles. The maximum absolute atomic E-state index is 10.9. The average molecular weight is 245 g/mol. The standard InChI is InChI=1S/C5H11NO6S2/c1-5(7)6-13(8,9)3-2-4-14(10,11)12/h2-4H2,1H3,(H,6,7)(H,10,11,12). The topological polar surface area (TPSA) is 118 Å². The molecule has 0 unspecified atom stereocenters. The van der Waals surface area contributed by atoms with Gasteiger partial charge < -0.3 is 0 Å². The monoisotopic (exact) mass is 245 g/mol. The van der Waals surface area contributed by atoms with E-state index in [4.69, 9.17) is 4.55 Å². The fourth-order valence-corrected chi connectivity index (χ4v) is 2.46. The summed E-state index contributed by atoms with van der Waals surface area (Å²) in [5.41, 5.74) is 0. The molecule has 0 aliphatic rings. The molecule has 0 rings (SSSR count). The first-order chi connectivity index (χ1) is 6.12. The summed E-state index contributed by atoms with van der Waals surface area (Å²) in [4.78, 5) is 10.4. The highest BCUT2D eigenvalue weighted by Crippen LogP contribution is 1.93. The molecule has 9 heteroatoms. The lowest BCUT2D eigenvalue weighted by atomic mass is 10.6. The Morgan fingerprint density at radius 1 is 1.21 bits per heavy atom. The highest BCUT2D eigenvalue weighted by atomic mass is 32.2. The summed E-state index contributed by atoms with van der Waals surface area (Å²) in [5, 5.41) is 0. The van der Waals surface area contributed by atoms with Crippen molar-refractivity contribution < 1.29 is 26.2 Å². The van der Waals surface area contributed by atoms with E-state index in [0.717, 1.165) is 6.92 Å². The Kier molecular flexibility index (Phi) is 4.49. The van der Waals surface area contributed by atoms with Crippen LogP contribution in [-0.4, -0.2) is 38.8 Å². The predicted molar refractivity (Wildman–Crippen MR) is 48.6 cm³/mol. The van der Waals surface area contributed by atoms with Gasteiger partial charge in [-0.15, -0.1) is 0 Å². The highest BCUT2D eigenvalue weighted by Gasteiger charge is 2.13. The summed E-state index contributed by atoms with van der Waals surface area (Å²) in [7, 11) is -7.93. The number of rotatable bonds is 5. The van der Waals surface area contributed by atoms with Gasteiger partial charge in [-0.05, 0) is 6.42 Å². The summed E-state index contributed by atoms with van der Waals surface area (Å²) in [5.74, 6) is -1.91. The molecule has 0 aliphatic heterocycles. The number of nitrogens with one attached hydrogen (secondary N) is 1. The minimum absolute atomic E-state index is 0.262. The number of hydrogen-bond donors (Lipinski definition) is 2. The lowest BCUT2D eigenvalue weighted by Gasteiger charge is -2.02. The van der Waals surface area contributed by atoms with Crippen molar-refractivity contribution >= 4 is 26.0 Å². The second-order valence-electron chi connectivity index (χ2n) is 2.62. The SMILES string of the molecule is CC(=O)NS(=O)(=O)CCCS(=O)(=O)O. The van der Waals surface area contributed by atoms with Crippen molar-refractivity contribution in [2.45, 2.75) is 13.3 Å². The van der Waals surface area contributed by atoms with Crippen molar-refractivity contribution in [1.29, 1.82) is 0 Å². The first kappa shape index (κ1) is 13.3. The molecular weight excluding hydrogens is 234 g/mol. The molecule has 0 aromatic rings. The largest absolute Gasteiger partial charge is 0.286 e. The van der Waals surface area contributed by atoms with Gasteiger partial charge in [-0.25, -0.2) is 8.42 Å². The third-order valence-electron chi connectivity index (χ3n) is 1.11. The van der Waals surface area contributed by atoms with Gasteiger partial charge in [-0.2, -0.15) is 8.42 Å². The van der Waals surface area contributed by atoms with E-state index < -0.39 is 37.6 Å². The van der Waals surface area contributed by atoms with Crippen molar-refractivity contribution in [3.63, 3.8) is 0 Å². The average Bonchev–Trinajstić information content (AvgIpc) is 1.78. The number of sulfonamides is 1. The summed E-state index contributed by atoms with van der Waals surface area (Å²) < 4.78 is 52.2. The van der Waals surface area contributed by atoms with E-state index in [2.05, 4.69) is 0 Å². The summed E-state index contributed by atoms with van der Waals surface area (Å²) >= 11 is 0. The van der Waals surface area contributed by atoms with Crippen LogP contribution >= 0.6 is 0 Å². The molecule has 0 radical (unpaired) electrons. The molecule has 0 saturated heterocycles. The van der Waals surface area contributed by atoms with E-state index in [0.29, 0.717) is 0 Å². The second-order valence-corrected chi connectivity index (χ2v) is 6.03. The molecule has 0 bridgehead atoms. The summed E-state index contributed by atoms with van der Waals surface area (Å²) in [6.45, 7) is 1.03. The third-order valence-corrected chi connectivity index (χ3v) is 3.34. The maximum atomic E-state index is 10.9. The van der Waals surface area contributed by atoms with Crippen LogP contribution in [0.1, 0.15) is 13.3 Å². The van der Waals surface area contributed by atoms with E-state index in [1.54, 1.807) is 4.72 Å². The van der Waals surface area contributed by atoms with Crippen LogP contribution in [0.5, 0.6) is 0 Å². The Hall–Kier alpha value is -0.670. The molecule has 0 spiro atoms. The molecular formula is C5H11NO6S2. The van der Waals surface area contributed by atoms with Crippen LogP contribution < -0.4 is 4.72 Å². The summed E-state index contributed by atoms with van der Waals surface area (Å²) in [6.07, 6.45) is -0.262. The van der Waals surface area contributed by atoms with Crippen molar-refractivity contribution in [2.24, 2.45) is 0 Å². The van der Waals surface area contributed by atoms with Crippen LogP contribution in [0, 0.1) is 0 Å². The Balaban J connectivity index is 4.08. The predicted octanol–water partition coefficient (Wildman–Crippen LogP) is -1.27. The van der Waals surface area contributed by atoms with Crippen molar-refractivity contribution in [3.8, 4) is 0 Å². The van der Waals surface area contributed by atoms with Gasteiger partial charge in [0.25, 0.3) is 10.1 Å². The van der Waals surface area contributed by atoms with Crippen LogP contribution in [-0.2, 0) is 24.9 Å². The molecule has 0 heterocycles. The third kappa shape index (κ3) is 7.95. The molecule has 14 heavy (non-hydrogen) atoms. The zero-order valence-electron chi connectivity index (χ0n) is 7.43. The van der Waals surface area contributed by atoms with E-state index in [1.807, 2.05) is 0 Å². The number of hydrogen-bond acceptors (Lipinski definition) is 5. The fraction of sp³-hybridized carbons (Fsp3) is 0.800. The molecule has 0 aromatic carbocycles. The second kappa shape index (κ2) is 4.71. The highest BCUT2D eigenvalue weighted by molar-refractivity contribution is 7.90. The van der Waals surface area contributed by atoms with Crippen LogP contribution in [0.2, 0.25) is 0 Å². The molecule has 1 amide bonds. The molecule has 0 aromatic heterocycles. The summed E-state index contributed by atoms with van der Waals surface area (Å²) in [6, 6.07) is 0. The van der Waals surface area contributed by atoms with E-state index in [1.165, 1.54) is 0 Å². The van der Waals surface area contributed by atoms with Gasteiger partial charge in [0.15, 0.2) is 0 Å². The lowest BCUT2D eigenvalue weighted by molar-refractivity contribution is -0.117. The smallest absolute Gasteiger partial charge is 0.264 e. The first-order valence-corrected chi connectivity index (χ1v) is 6.85. The van der Waals surface area contributed by atoms with E-state index in [9.17, 15) is 21.6 Å². The fourth-order valence-electron chi connectivity index (χ4n) is 0.701. The van der Waals surface area contributed by atoms with Gasteiger partial charge in [-0.1, -0.05) is 0 Å². The molecule has 0 atom stereocenters. The Labute approximate surface area is 82.3 Å². The first-order valence-electron chi connectivity index (χ1n) is 3.58. The van der Waals surface area contributed by atoms with E-state index in [-0.39, 0.29) is 6.42 Å². The van der Waals surface area contributed by atoms with Crippen molar-refractivity contribution in [1.82, 2.24) is 4.72 Å². The normalized spacial score (nSPS) is 12.4. The Bertz CT molecular complexity index is 394. The van der Waals surface area contributed by atoms with Crippen LogP contribution in [0.3, 0.4) is 0 Å². The molecule has 7 nitrogen and oxygen atoms in total. The lowest BCUT2D eigenvalue weighted by Crippen LogP contribution is -2.31. The zero-order valence-corrected chi connectivity index (χ0v) is 9.06. The van der Waals surface area contributed by atoms with Gasteiger partial charge in [-0.3, -0.25) is 14.1 Å². The van der Waals surface area contributed by atoms with Crippen LogP contribution in [0.4, 0.5) is 0 Å². The van der Waals surface area contributed by atoms with Crippen molar-refractivity contribution in [2.75, 3.05) is 11.5 Å². The van der Waals surface area contributed by atoms with Gasteiger partial charge in [0, 0.05) is 6.92 Å². The number of carbonyl (C=O) groups is 1.